The molecule has 0 bridgehead atoms. The van der Waals surface area contributed by atoms with Gasteiger partial charge in [-0.05, 0) is 6.07 Å². The Morgan fingerprint density at radius 1 is 1.46 bits per heavy atom. The van der Waals surface area contributed by atoms with Gasteiger partial charge in [-0.25, -0.2) is 18.8 Å². The SMILES string of the molecule is C#CCOc1cc(NC(=O)N2C(=O)OC=CN2C(=O)OC)c(F)cc1Cl. The normalized spacial score (nSPS) is 12.9. The van der Waals surface area contributed by atoms with Gasteiger partial charge in [0.05, 0.1) is 24.0 Å². The Balaban J connectivity index is 2.28. The number of benzene rings is 1. The highest BCUT2D eigenvalue weighted by atomic mass is 35.5. The van der Waals surface area contributed by atoms with Crippen molar-refractivity contribution in [2.24, 2.45) is 0 Å². The molecular weight excluding hydrogens is 373 g/mol. The zero-order valence-corrected chi connectivity index (χ0v) is 13.9. The van der Waals surface area contributed by atoms with Crippen LogP contribution in [0.2, 0.25) is 5.02 Å². The number of carbonyl (C=O) groups is 3. The lowest BCUT2D eigenvalue weighted by Gasteiger charge is -2.30. The van der Waals surface area contributed by atoms with Crippen molar-refractivity contribution in [2.75, 3.05) is 19.0 Å². The first-order valence-electron chi connectivity index (χ1n) is 6.79. The maximum absolute atomic E-state index is 14.1. The van der Waals surface area contributed by atoms with E-state index in [-0.39, 0.29) is 28.1 Å². The van der Waals surface area contributed by atoms with Crippen LogP contribution in [0.3, 0.4) is 0 Å². The lowest BCUT2D eigenvalue weighted by atomic mass is 10.3. The number of ether oxygens (including phenoxy) is 3. The molecule has 11 heteroatoms. The molecule has 0 unspecified atom stereocenters. The molecule has 0 saturated heterocycles. The molecule has 136 valence electrons. The number of methoxy groups -OCH3 is 1. The summed E-state index contributed by atoms with van der Waals surface area (Å²) in [4.78, 5) is 35.8. The summed E-state index contributed by atoms with van der Waals surface area (Å²) >= 11 is 5.82. The molecule has 1 aliphatic rings. The predicted octanol–water partition coefficient (Wildman–Crippen LogP) is 2.93. The summed E-state index contributed by atoms with van der Waals surface area (Å²) in [5, 5.41) is 2.82. The van der Waals surface area contributed by atoms with Crippen molar-refractivity contribution in [3.05, 3.63) is 35.4 Å². The van der Waals surface area contributed by atoms with Crippen LogP contribution in [0.4, 0.5) is 24.5 Å². The van der Waals surface area contributed by atoms with E-state index in [4.69, 9.17) is 22.8 Å². The first-order chi connectivity index (χ1) is 12.4. The third-order valence-electron chi connectivity index (χ3n) is 2.89. The molecule has 0 fully saturated rings. The summed E-state index contributed by atoms with van der Waals surface area (Å²) in [6, 6.07) is 0.754. The standard InChI is InChI=1S/C15H11ClFN3O6/c1-3-5-25-12-8-11(10(17)7-9(12)16)18-13(21)20-15(23)26-6-4-19(20)14(22)24-2/h1,4,6-8H,5H2,2H3,(H,18,21). The van der Waals surface area contributed by atoms with Crippen LogP contribution in [0.1, 0.15) is 0 Å². The van der Waals surface area contributed by atoms with Crippen molar-refractivity contribution < 1.29 is 33.0 Å². The molecular formula is C15H11ClFN3O6. The maximum Gasteiger partial charge on any atom is 0.443 e. The molecule has 0 radical (unpaired) electrons. The highest BCUT2D eigenvalue weighted by molar-refractivity contribution is 6.32. The summed E-state index contributed by atoms with van der Waals surface area (Å²) in [6.07, 6.45) is 4.64. The van der Waals surface area contributed by atoms with E-state index in [1.54, 1.807) is 0 Å². The van der Waals surface area contributed by atoms with Crippen LogP contribution in [-0.2, 0) is 9.47 Å². The zero-order chi connectivity index (χ0) is 19.3. The Morgan fingerprint density at radius 2 is 2.19 bits per heavy atom. The van der Waals surface area contributed by atoms with Gasteiger partial charge in [0, 0.05) is 6.07 Å². The molecule has 1 heterocycles. The largest absolute Gasteiger partial charge is 0.479 e. The number of carbonyl (C=O) groups excluding carboxylic acids is 3. The van der Waals surface area contributed by atoms with Crippen LogP contribution < -0.4 is 10.1 Å². The van der Waals surface area contributed by atoms with Crippen LogP contribution >= 0.6 is 11.6 Å². The molecule has 0 spiro atoms. The summed E-state index contributed by atoms with van der Waals surface area (Å²) in [6.45, 7) is -0.141. The number of halogens is 2. The molecule has 1 aromatic rings. The van der Waals surface area contributed by atoms with Gasteiger partial charge in [0.25, 0.3) is 0 Å². The van der Waals surface area contributed by atoms with Crippen LogP contribution in [0.5, 0.6) is 5.75 Å². The van der Waals surface area contributed by atoms with Gasteiger partial charge in [0.15, 0.2) is 0 Å². The van der Waals surface area contributed by atoms with Gasteiger partial charge in [-0.2, -0.15) is 5.01 Å². The number of rotatable bonds is 3. The summed E-state index contributed by atoms with van der Waals surface area (Å²) in [7, 11) is 1.04. The molecule has 9 nitrogen and oxygen atoms in total. The lowest BCUT2D eigenvalue weighted by molar-refractivity contribution is 0.0335. The second kappa shape index (κ2) is 8.09. The minimum Gasteiger partial charge on any atom is -0.479 e. The van der Waals surface area contributed by atoms with Crippen molar-refractivity contribution in [2.45, 2.75) is 0 Å². The number of anilines is 1. The van der Waals surface area contributed by atoms with E-state index in [0.29, 0.717) is 5.01 Å². The maximum atomic E-state index is 14.1. The molecule has 2 rings (SSSR count). The van der Waals surface area contributed by atoms with E-state index >= 15 is 0 Å². The Labute approximate surface area is 151 Å². The number of hydrogen-bond donors (Lipinski definition) is 1. The molecule has 1 aromatic carbocycles. The van der Waals surface area contributed by atoms with Crippen LogP contribution in [0.15, 0.2) is 24.6 Å². The average Bonchev–Trinajstić information content (AvgIpc) is 2.61. The Bertz CT molecular complexity index is 822. The number of nitrogens with one attached hydrogen (secondary N) is 1. The fraction of sp³-hybridized carbons (Fsp3) is 0.133. The van der Waals surface area contributed by atoms with Gasteiger partial charge in [0.1, 0.15) is 24.4 Å². The van der Waals surface area contributed by atoms with E-state index in [2.05, 4.69) is 20.7 Å². The van der Waals surface area contributed by atoms with Gasteiger partial charge < -0.3 is 19.5 Å². The predicted molar refractivity (Wildman–Crippen MR) is 86.5 cm³/mol. The number of hydrazine groups is 1. The number of cyclic esters (lactones) is 1. The van der Waals surface area contributed by atoms with E-state index < -0.39 is 24.0 Å². The number of imide groups is 1. The van der Waals surface area contributed by atoms with Gasteiger partial charge in [0.2, 0.25) is 0 Å². The van der Waals surface area contributed by atoms with Gasteiger partial charge in [-0.1, -0.05) is 17.5 Å². The smallest absolute Gasteiger partial charge is 0.443 e. The molecule has 0 aliphatic carbocycles. The molecule has 1 N–H and O–H groups in total. The minimum absolute atomic E-state index is 0.00672. The number of amides is 4. The second-order valence-corrected chi connectivity index (χ2v) is 4.89. The van der Waals surface area contributed by atoms with Crippen molar-refractivity contribution >= 4 is 35.5 Å². The third kappa shape index (κ3) is 3.96. The topological polar surface area (TPSA) is 97.4 Å². The Kier molecular flexibility index (Phi) is 5.87. The second-order valence-electron chi connectivity index (χ2n) is 4.48. The number of urea groups is 1. The van der Waals surface area contributed by atoms with E-state index in [1.807, 2.05) is 0 Å². The molecule has 4 amide bonds. The highest BCUT2D eigenvalue weighted by Gasteiger charge is 2.35. The van der Waals surface area contributed by atoms with Gasteiger partial charge in [-0.3, -0.25) is 0 Å². The van der Waals surface area contributed by atoms with Crippen molar-refractivity contribution in [1.29, 1.82) is 0 Å². The monoisotopic (exact) mass is 383 g/mol. The van der Waals surface area contributed by atoms with E-state index in [9.17, 15) is 18.8 Å². The molecule has 26 heavy (non-hydrogen) atoms. The van der Waals surface area contributed by atoms with Crippen molar-refractivity contribution in [3.8, 4) is 18.1 Å². The van der Waals surface area contributed by atoms with Crippen LogP contribution in [0.25, 0.3) is 0 Å². The Morgan fingerprint density at radius 3 is 2.85 bits per heavy atom. The van der Waals surface area contributed by atoms with Crippen molar-refractivity contribution in [3.63, 3.8) is 0 Å². The van der Waals surface area contributed by atoms with E-state index in [1.165, 1.54) is 0 Å². The van der Waals surface area contributed by atoms with Crippen LogP contribution in [0, 0.1) is 18.2 Å². The molecule has 0 atom stereocenters. The van der Waals surface area contributed by atoms with E-state index in [0.717, 1.165) is 31.7 Å². The lowest BCUT2D eigenvalue weighted by Crippen LogP contribution is -2.53. The molecule has 0 aromatic heterocycles. The third-order valence-corrected chi connectivity index (χ3v) is 3.18. The fourth-order valence-electron chi connectivity index (χ4n) is 1.79. The number of terminal acetylenes is 1. The summed E-state index contributed by atoms with van der Waals surface area (Å²) in [5.41, 5.74) is -0.376. The molecule has 0 saturated carbocycles. The highest BCUT2D eigenvalue weighted by Crippen LogP contribution is 2.31. The molecule has 1 aliphatic heterocycles. The summed E-state index contributed by atoms with van der Waals surface area (Å²) in [5.74, 6) is 1.30. The Hall–Kier alpha value is -3.45. The number of hydrogen-bond acceptors (Lipinski definition) is 6. The first-order valence-corrected chi connectivity index (χ1v) is 7.17. The fourth-order valence-corrected chi connectivity index (χ4v) is 2.00. The average molecular weight is 384 g/mol. The first kappa shape index (κ1) is 18.9. The number of nitrogens with zero attached hydrogens (tertiary/aromatic N) is 2. The van der Waals surface area contributed by atoms with Gasteiger partial charge in [-0.15, -0.1) is 11.4 Å². The van der Waals surface area contributed by atoms with Crippen LogP contribution in [-0.4, -0.2) is 42.0 Å². The summed E-state index contributed by atoms with van der Waals surface area (Å²) < 4.78 is 28.2. The van der Waals surface area contributed by atoms with Gasteiger partial charge >= 0.3 is 18.2 Å². The quantitative estimate of drug-likeness (QED) is 0.806. The minimum atomic E-state index is -1.21. The van der Waals surface area contributed by atoms with Crippen molar-refractivity contribution in [1.82, 2.24) is 10.0 Å². The zero-order valence-electron chi connectivity index (χ0n) is 13.2.